The Balaban J connectivity index is 1.71. The fourth-order valence-corrected chi connectivity index (χ4v) is 2.21. The van der Waals surface area contributed by atoms with Gasteiger partial charge in [-0.15, -0.1) is 0 Å². The standard InChI is InChI=1S/C18H15NO/c1-18(17(19-18)15-10-6-3-7-11-15)13-12-16(20)14-8-4-2-5-9-14/h2-13H,1H3/b13-12+. The van der Waals surface area contributed by atoms with E-state index < -0.39 is 0 Å². The molecule has 0 saturated carbocycles. The van der Waals surface area contributed by atoms with Crippen molar-refractivity contribution in [1.29, 1.82) is 0 Å². The minimum Gasteiger partial charge on any atom is -0.289 e. The molecule has 0 fully saturated rings. The van der Waals surface area contributed by atoms with Crippen molar-refractivity contribution in [3.63, 3.8) is 0 Å². The van der Waals surface area contributed by atoms with Crippen LogP contribution in [0, 0.1) is 0 Å². The van der Waals surface area contributed by atoms with Gasteiger partial charge >= 0.3 is 0 Å². The number of hydrogen-bond acceptors (Lipinski definition) is 2. The van der Waals surface area contributed by atoms with Gasteiger partial charge in [0.25, 0.3) is 0 Å². The predicted molar refractivity (Wildman–Crippen MR) is 81.3 cm³/mol. The highest BCUT2D eigenvalue weighted by atomic mass is 16.1. The minimum atomic E-state index is -0.328. The topological polar surface area (TPSA) is 29.4 Å². The molecule has 3 rings (SSSR count). The van der Waals surface area contributed by atoms with E-state index in [4.69, 9.17) is 0 Å². The summed E-state index contributed by atoms with van der Waals surface area (Å²) in [5.74, 6) is 0.0151. The van der Waals surface area contributed by atoms with Crippen LogP contribution in [0.3, 0.4) is 0 Å². The van der Waals surface area contributed by atoms with Crippen molar-refractivity contribution in [3.8, 4) is 0 Å². The van der Waals surface area contributed by atoms with Crippen LogP contribution < -0.4 is 0 Å². The van der Waals surface area contributed by atoms with Gasteiger partial charge in [0.05, 0.1) is 5.71 Å². The van der Waals surface area contributed by atoms with E-state index in [2.05, 4.69) is 4.99 Å². The molecule has 20 heavy (non-hydrogen) atoms. The van der Waals surface area contributed by atoms with Gasteiger partial charge in [0.1, 0.15) is 5.54 Å². The molecule has 1 heterocycles. The molecule has 1 atom stereocenters. The Bertz CT molecular complexity index is 686. The largest absolute Gasteiger partial charge is 0.289 e. The van der Waals surface area contributed by atoms with Crippen LogP contribution in [0.25, 0.3) is 0 Å². The first-order valence-corrected chi connectivity index (χ1v) is 6.63. The lowest BCUT2D eigenvalue weighted by molar-refractivity contribution is 0.104. The zero-order chi connectivity index (χ0) is 14.0. The quantitative estimate of drug-likeness (QED) is 0.609. The highest BCUT2D eigenvalue weighted by molar-refractivity contribution is 6.19. The van der Waals surface area contributed by atoms with Crippen molar-refractivity contribution in [3.05, 3.63) is 83.9 Å². The molecule has 0 amide bonds. The van der Waals surface area contributed by atoms with E-state index >= 15 is 0 Å². The van der Waals surface area contributed by atoms with E-state index in [1.807, 2.05) is 73.7 Å². The molecule has 0 aliphatic carbocycles. The molecule has 2 aromatic carbocycles. The molecule has 1 unspecified atom stereocenters. The van der Waals surface area contributed by atoms with Crippen LogP contribution in [0.2, 0.25) is 0 Å². The fraction of sp³-hybridized carbons (Fsp3) is 0.111. The summed E-state index contributed by atoms with van der Waals surface area (Å²) in [4.78, 5) is 16.5. The predicted octanol–water partition coefficient (Wildman–Crippen LogP) is 3.69. The van der Waals surface area contributed by atoms with Gasteiger partial charge in [-0.25, -0.2) is 0 Å². The molecule has 0 saturated heterocycles. The van der Waals surface area contributed by atoms with E-state index in [9.17, 15) is 4.79 Å². The first-order valence-electron chi connectivity index (χ1n) is 6.63. The number of carbonyl (C=O) groups is 1. The zero-order valence-corrected chi connectivity index (χ0v) is 11.3. The first-order chi connectivity index (χ1) is 9.69. The molecule has 2 nitrogen and oxygen atoms in total. The number of hydrogen-bond donors (Lipinski definition) is 0. The van der Waals surface area contributed by atoms with E-state index in [1.54, 1.807) is 6.08 Å². The van der Waals surface area contributed by atoms with Crippen LogP contribution in [0.5, 0.6) is 0 Å². The van der Waals surface area contributed by atoms with E-state index in [-0.39, 0.29) is 11.3 Å². The van der Waals surface area contributed by atoms with Gasteiger partial charge in [0.15, 0.2) is 5.78 Å². The fourth-order valence-electron chi connectivity index (χ4n) is 2.21. The van der Waals surface area contributed by atoms with Gasteiger partial charge in [0, 0.05) is 5.56 Å². The smallest absolute Gasteiger partial charge is 0.185 e. The molecule has 0 spiro atoms. The van der Waals surface area contributed by atoms with Crippen molar-refractivity contribution in [2.24, 2.45) is 4.99 Å². The molecule has 1 aliphatic rings. The molecule has 98 valence electrons. The number of benzene rings is 2. The molecule has 0 radical (unpaired) electrons. The SMILES string of the molecule is CC1(/C=C/C(=O)c2ccccc2)N=C1c1ccccc1. The second-order valence-corrected chi connectivity index (χ2v) is 5.04. The van der Waals surface area contributed by atoms with Gasteiger partial charge in [0.2, 0.25) is 0 Å². The molecular weight excluding hydrogens is 246 g/mol. The van der Waals surface area contributed by atoms with Crippen LogP contribution in [0.4, 0.5) is 0 Å². The van der Waals surface area contributed by atoms with Crippen LogP contribution in [-0.4, -0.2) is 17.0 Å². The number of allylic oxidation sites excluding steroid dienone is 1. The first kappa shape index (κ1) is 12.5. The lowest BCUT2D eigenvalue weighted by Gasteiger charge is -2.02. The number of carbonyl (C=O) groups excluding carboxylic acids is 1. The number of rotatable bonds is 4. The third-order valence-electron chi connectivity index (χ3n) is 3.44. The van der Waals surface area contributed by atoms with Crippen LogP contribution in [-0.2, 0) is 0 Å². The maximum Gasteiger partial charge on any atom is 0.185 e. The monoisotopic (exact) mass is 261 g/mol. The zero-order valence-electron chi connectivity index (χ0n) is 11.3. The summed E-state index contributed by atoms with van der Waals surface area (Å²) < 4.78 is 0. The Hall–Kier alpha value is -2.48. The number of ketones is 1. The van der Waals surface area contributed by atoms with E-state index in [1.165, 1.54) is 0 Å². The molecule has 1 aliphatic heterocycles. The maximum atomic E-state index is 12.0. The molecule has 0 bridgehead atoms. The summed E-state index contributed by atoms with van der Waals surface area (Å²) in [6.07, 6.45) is 3.50. The van der Waals surface area contributed by atoms with E-state index in [0.29, 0.717) is 5.56 Å². The maximum absolute atomic E-state index is 12.0. The molecule has 0 aromatic heterocycles. The van der Waals surface area contributed by atoms with Gasteiger partial charge in [-0.3, -0.25) is 9.79 Å². The Morgan fingerprint density at radius 3 is 2.25 bits per heavy atom. The Labute approximate surface area is 118 Å². The third kappa shape index (κ3) is 2.45. The van der Waals surface area contributed by atoms with Crippen LogP contribution >= 0.6 is 0 Å². The normalized spacial score (nSPS) is 20.8. The van der Waals surface area contributed by atoms with Crippen molar-refractivity contribution in [2.45, 2.75) is 12.5 Å². The van der Waals surface area contributed by atoms with Crippen molar-refractivity contribution < 1.29 is 4.79 Å². The number of nitrogens with zero attached hydrogens (tertiary/aromatic N) is 1. The van der Waals surface area contributed by atoms with Gasteiger partial charge in [-0.05, 0) is 24.6 Å². The van der Waals surface area contributed by atoms with Crippen molar-refractivity contribution in [2.75, 3.05) is 0 Å². The van der Waals surface area contributed by atoms with Gasteiger partial charge < -0.3 is 0 Å². The Morgan fingerprint density at radius 2 is 1.60 bits per heavy atom. The van der Waals surface area contributed by atoms with Gasteiger partial charge in [-0.2, -0.15) is 0 Å². The summed E-state index contributed by atoms with van der Waals surface area (Å²) in [7, 11) is 0. The average molecular weight is 261 g/mol. The number of aliphatic imine (C=N–C) groups is 1. The molecule has 0 N–H and O–H groups in total. The summed E-state index contributed by atoms with van der Waals surface area (Å²) in [5.41, 5.74) is 2.53. The van der Waals surface area contributed by atoms with Crippen LogP contribution in [0.1, 0.15) is 22.8 Å². The summed E-state index contributed by atoms with van der Waals surface area (Å²) >= 11 is 0. The minimum absolute atomic E-state index is 0.0151. The Morgan fingerprint density at radius 1 is 1.00 bits per heavy atom. The molecule has 2 aromatic rings. The summed E-state index contributed by atoms with van der Waals surface area (Å²) in [6.45, 7) is 2.02. The molecular formula is C18H15NO. The second-order valence-electron chi connectivity index (χ2n) is 5.04. The second kappa shape index (κ2) is 4.89. The van der Waals surface area contributed by atoms with Gasteiger partial charge in [-0.1, -0.05) is 60.7 Å². The van der Waals surface area contributed by atoms with E-state index in [0.717, 1.165) is 11.3 Å². The Kier molecular flexibility index (Phi) is 3.07. The highest BCUT2D eigenvalue weighted by Crippen LogP contribution is 2.33. The molecule has 2 heteroatoms. The van der Waals surface area contributed by atoms with Crippen molar-refractivity contribution in [1.82, 2.24) is 0 Å². The van der Waals surface area contributed by atoms with Crippen LogP contribution in [0.15, 0.2) is 77.8 Å². The van der Waals surface area contributed by atoms with Crippen molar-refractivity contribution >= 4 is 11.5 Å². The summed E-state index contributed by atoms with van der Waals surface area (Å²) in [5, 5.41) is 0. The highest BCUT2D eigenvalue weighted by Gasteiger charge is 2.40. The third-order valence-corrected chi connectivity index (χ3v) is 3.44. The lowest BCUT2D eigenvalue weighted by atomic mass is 9.98. The lowest BCUT2D eigenvalue weighted by Crippen LogP contribution is -2.11. The summed E-state index contributed by atoms with van der Waals surface area (Å²) in [6, 6.07) is 19.3. The average Bonchev–Trinajstić information content (AvgIpc) is 3.19.